The molecule has 0 radical (unpaired) electrons. The van der Waals surface area contributed by atoms with Crippen LogP contribution in [0.3, 0.4) is 0 Å². The topological polar surface area (TPSA) is 29.0 Å². The Balaban J connectivity index is 1.61. The van der Waals surface area contributed by atoms with Gasteiger partial charge in [-0.2, -0.15) is 0 Å². The van der Waals surface area contributed by atoms with Crippen molar-refractivity contribution in [1.82, 2.24) is 10.2 Å². The maximum absolute atomic E-state index is 4.29. The van der Waals surface area contributed by atoms with E-state index >= 15 is 0 Å². The fourth-order valence-electron chi connectivity index (χ4n) is 2.07. The summed E-state index contributed by atoms with van der Waals surface area (Å²) in [4.78, 5) is 2.33. The molecule has 0 N–H and O–H groups in total. The molecule has 0 atom stereocenters. The Kier molecular flexibility index (Phi) is 4.40. The molecule has 100 valence electrons. The largest absolute Gasteiger partial charge is 0.347 e. The predicted octanol–water partition coefficient (Wildman–Crippen LogP) is 4.19. The Hall–Kier alpha value is -0.590. The first-order valence-electron chi connectivity index (χ1n) is 6.27. The highest BCUT2D eigenvalue weighted by molar-refractivity contribution is 9.10. The molecule has 0 unspecified atom stereocenters. The third-order valence-corrected chi connectivity index (χ3v) is 5.71. The molecule has 1 saturated heterocycles. The van der Waals surface area contributed by atoms with Crippen LogP contribution in [-0.4, -0.2) is 23.3 Å². The smallest absolute Gasteiger partial charge is 0.209 e. The van der Waals surface area contributed by atoms with Crippen molar-refractivity contribution >= 4 is 44.2 Å². The van der Waals surface area contributed by atoms with Crippen LogP contribution in [0, 0.1) is 0 Å². The van der Waals surface area contributed by atoms with Crippen LogP contribution in [-0.2, 0) is 5.75 Å². The van der Waals surface area contributed by atoms with Crippen LogP contribution in [0.1, 0.15) is 18.4 Å². The molecule has 1 aliphatic rings. The molecule has 1 aromatic carbocycles. The van der Waals surface area contributed by atoms with Crippen molar-refractivity contribution < 1.29 is 0 Å². The molecule has 3 nitrogen and oxygen atoms in total. The number of hydrogen-bond donors (Lipinski definition) is 0. The SMILES string of the molecule is Brc1cccc(CSc2nnc(N3CCCC3)s2)c1. The van der Waals surface area contributed by atoms with Gasteiger partial charge in [0.15, 0.2) is 4.34 Å². The molecule has 3 rings (SSSR count). The zero-order chi connectivity index (χ0) is 13.1. The molecule has 1 fully saturated rings. The van der Waals surface area contributed by atoms with Crippen molar-refractivity contribution in [2.24, 2.45) is 0 Å². The van der Waals surface area contributed by atoms with Crippen molar-refractivity contribution in [2.75, 3.05) is 18.0 Å². The van der Waals surface area contributed by atoms with Crippen LogP contribution in [0.2, 0.25) is 0 Å². The minimum absolute atomic E-state index is 0.939. The normalized spacial score (nSPS) is 15.1. The van der Waals surface area contributed by atoms with Crippen LogP contribution >= 0.6 is 39.0 Å². The maximum Gasteiger partial charge on any atom is 0.209 e. The zero-order valence-electron chi connectivity index (χ0n) is 10.4. The zero-order valence-corrected chi connectivity index (χ0v) is 13.6. The van der Waals surface area contributed by atoms with E-state index in [-0.39, 0.29) is 0 Å². The fourth-order valence-corrected chi connectivity index (χ4v) is 4.35. The van der Waals surface area contributed by atoms with E-state index in [1.54, 1.807) is 23.1 Å². The van der Waals surface area contributed by atoms with Crippen LogP contribution < -0.4 is 4.90 Å². The number of thioether (sulfide) groups is 1. The minimum atomic E-state index is 0.939. The number of nitrogens with zero attached hydrogens (tertiary/aromatic N) is 3. The Morgan fingerprint density at radius 3 is 2.89 bits per heavy atom. The van der Waals surface area contributed by atoms with E-state index in [0.29, 0.717) is 0 Å². The molecular formula is C13H14BrN3S2. The monoisotopic (exact) mass is 355 g/mol. The number of halogens is 1. The van der Waals surface area contributed by atoms with Crippen LogP contribution in [0.5, 0.6) is 0 Å². The second-order valence-corrected chi connectivity index (χ2v) is 7.56. The van der Waals surface area contributed by atoms with Gasteiger partial charge in [0.05, 0.1) is 0 Å². The van der Waals surface area contributed by atoms with Crippen molar-refractivity contribution in [2.45, 2.75) is 22.9 Å². The van der Waals surface area contributed by atoms with Gasteiger partial charge in [-0.1, -0.05) is 51.2 Å². The molecule has 2 aromatic rings. The van der Waals surface area contributed by atoms with Crippen LogP contribution in [0.25, 0.3) is 0 Å². The lowest BCUT2D eigenvalue weighted by molar-refractivity contribution is 0.913. The minimum Gasteiger partial charge on any atom is -0.347 e. The first-order chi connectivity index (χ1) is 9.31. The van der Waals surface area contributed by atoms with E-state index in [1.807, 2.05) is 6.07 Å². The highest BCUT2D eigenvalue weighted by Crippen LogP contribution is 2.31. The number of aromatic nitrogens is 2. The Morgan fingerprint density at radius 2 is 2.11 bits per heavy atom. The molecule has 1 aromatic heterocycles. The lowest BCUT2D eigenvalue weighted by Crippen LogP contribution is -2.17. The molecule has 2 heterocycles. The quantitative estimate of drug-likeness (QED) is 0.768. The summed E-state index contributed by atoms with van der Waals surface area (Å²) in [6, 6.07) is 8.40. The van der Waals surface area contributed by atoms with E-state index in [4.69, 9.17) is 0 Å². The fraction of sp³-hybridized carbons (Fsp3) is 0.385. The summed E-state index contributed by atoms with van der Waals surface area (Å²) >= 11 is 6.96. The van der Waals surface area contributed by atoms with Crippen molar-refractivity contribution in [3.63, 3.8) is 0 Å². The Morgan fingerprint density at radius 1 is 1.26 bits per heavy atom. The second kappa shape index (κ2) is 6.24. The standard InChI is InChI=1S/C13H14BrN3S2/c14-11-5-3-4-10(8-11)9-18-13-16-15-12(19-13)17-6-1-2-7-17/h3-5,8H,1-2,6-7,9H2. The van der Waals surface area contributed by atoms with Crippen molar-refractivity contribution in [3.8, 4) is 0 Å². The van der Waals surface area contributed by atoms with E-state index in [0.717, 1.165) is 32.8 Å². The van der Waals surface area contributed by atoms with Crippen molar-refractivity contribution in [3.05, 3.63) is 34.3 Å². The summed E-state index contributed by atoms with van der Waals surface area (Å²) in [6.45, 7) is 2.26. The predicted molar refractivity (Wildman–Crippen MR) is 85.1 cm³/mol. The highest BCUT2D eigenvalue weighted by atomic mass is 79.9. The van der Waals surface area contributed by atoms with E-state index < -0.39 is 0 Å². The van der Waals surface area contributed by atoms with Crippen LogP contribution in [0.15, 0.2) is 33.1 Å². The number of hydrogen-bond acceptors (Lipinski definition) is 5. The van der Waals surface area contributed by atoms with E-state index in [2.05, 4.69) is 49.2 Å². The van der Waals surface area contributed by atoms with Gasteiger partial charge in [-0.05, 0) is 30.5 Å². The van der Waals surface area contributed by atoms with E-state index in [9.17, 15) is 0 Å². The lowest BCUT2D eigenvalue weighted by Gasteiger charge is -2.10. The summed E-state index contributed by atoms with van der Waals surface area (Å²) in [5.41, 5.74) is 1.30. The lowest BCUT2D eigenvalue weighted by atomic mass is 10.2. The Labute approximate surface area is 129 Å². The van der Waals surface area contributed by atoms with Gasteiger partial charge < -0.3 is 4.90 Å². The maximum atomic E-state index is 4.29. The summed E-state index contributed by atoms with van der Waals surface area (Å²) in [6.07, 6.45) is 2.56. The first-order valence-corrected chi connectivity index (χ1v) is 8.86. The molecule has 0 spiro atoms. The molecule has 0 saturated carbocycles. The second-order valence-electron chi connectivity index (χ2n) is 4.46. The first kappa shape index (κ1) is 13.4. The summed E-state index contributed by atoms with van der Waals surface area (Å²) < 4.78 is 2.18. The summed E-state index contributed by atoms with van der Waals surface area (Å²) in [5, 5.41) is 9.65. The average molecular weight is 356 g/mol. The summed E-state index contributed by atoms with van der Waals surface area (Å²) in [7, 11) is 0. The molecule has 0 aliphatic carbocycles. The molecule has 0 amide bonds. The van der Waals surface area contributed by atoms with Gasteiger partial charge >= 0.3 is 0 Å². The van der Waals surface area contributed by atoms with E-state index in [1.165, 1.54) is 18.4 Å². The van der Waals surface area contributed by atoms with Gasteiger partial charge in [0.2, 0.25) is 5.13 Å². The third-order valence-electron chi connectivity index (χ3n) is 3.02. The molecule has 1 aliphatic heterocycles. The van der Waals surface area contributed by atoms with Gasteiger partial charge in [-0.15, -0.1) is 10.2 Å². The highest BCUT2D eigenvalue weighted by Gasteiger charge is 2.16. The van der Waals surface area contributed by atoms with Gasteiger partial charge in [0.1, 0.15) is 0 Å². The van der Waals surface area contributed by atoms with Gasteiger partial charge in [-0.25, -0.2) is 0 Å². The number of anilines is 1. The number of benzene rings is 1. The Bertz CT molecular complexity index is 552. The third kappa shape index (κ3) is 3.49. The summed E-state index contributed by atoms with van der Waals surface area (Å²) in [5.74, 6) is 0.939. The van der Waals surface area contributed by atoms with Gasteiger partial charge in [-0.3, -0.25) is 0 Å². The molecule has 6 heteroatoms. The van der Waals surface area contributed by atoms with Gasteiger partial charge in [0, 0.05) is 23.3 Å². The van der Waals surface area contributed by atoms with Crippen molar-refractivity contribution in [1.29, 1.82) is 0 Å². The molecular weight excluding hydrogens is 342 g/mol. The number of rotatable bonds is 4. The average Bonchev–Trinajstić information content (AvgIpc) is 3.07. The molecule has 0 bridgehead atoms. The molecule has 19 heavy (non-hydrogen) atoms. The van der Waals surface area contributed by atoms with Crippen LogP contribution in [0.4, 0.5) is 5.13 Å². The van der Waals surface area contributed by atoms with Gasteiger partial charge in [0.25, 0.3) is 0 Å².